The molecule has 74 valence electrons. The fourth-order valence-electron chi connectivity index (χ4n) is 1.56. The standard InChI is InChI=1S/C11H14N2O/c1-7(2)10-12-9-6-4-3-5-8(9)11(14)13-10/h3-7,10,12H,1-2H3,(H,13,14)/t10-/m1/s1. The maximum absolute atomic E-state index is 11.6. The zero-order chi connectivity index (χ0) is 10.1. The lowest BCUT2D eigenvalue weighted by molar-refractivity contribution is 0.0926. The number of rotatable bonds is 1. The number of hydrogen-bond acceptors (Lipinski definition) is 2. The first-order chi connectivity index (χ1) is 6.68. The average molecular weight is 190 g/mol. The molecule has 0 saturated heterocycles. The second kappa shape index (κ2) is 3.33. The molecule has 1 aliphatic heterocycles. The van der Waals surface area contributed by atoms with Crippen LogP contribution in [0.5, 0.6) is 0 Å². The number of hydrogen-bond donors (Lipinski definition) is 2. The minimum atomic E-state index is 0.0121. The molecule has 2 N–H and O–H groups in total. The number of para-hydroxylation sites is 1. The second-order valence-electron chi connectivity index (χ2n) is 3.89. The molecule has 3 nitrogen and oxygen atoms in total. The summed E-state index contributed by atoms with van der Waals surface area (Å²) < 4.78 is 0. The molecule has 1 heterocycles. The summed E-state index contributed by atoms with van der Waals surface area (Å²) in [5.41, 5.74) is 1.65. The molecule has 0 saturated carbocycles. The molecule has 1 aromatic carbocycles. The number of anilines is 1. The van der Waals surface area contributed by atoms with Gasteiger partial charge in [0.1, 0.15) is 6.17 Å². The van der Waals surface area contributed by atoms with Gasteiger partial charge < -0.3 is 10.6 Å². The molecule has 3 heteroatoms. The van der Waals surface area contributed by atoms with Crippen LogP contribution in [-0.4, -0.2) is 12.1 Å². The fraction of sp³-hybridized carbons (Fsp3) is 0.364. The number of fused-ring (bicyclic) bond motifs is 1. The topological polar surface area (TPSA) is 41.1 Å². The molecular formula is C11H14N2O. The van der Waals surface area contributed by atoms with E-state index < -0.39 is 0 Å². The highest BCUT2D eigenvalue weighted by Crippen LogP contribution is 2.21. The summed E-state index contributed by atoms with van der Waals surface area (Å²) in [6, 6.07) is 7.56. The molecule has 0 radical (unpaired) electrons. The first-order valence-corrected chi connectivity index (χ1v) is 4.85. The van der Waals surface area contributed by atoms with Gasteiger partial charge in [-0.05, 0) is 18.1 Å². The van der Waals surface area contributed by atoms with Crippen LogP contribution in [0.1, 0.15) is 24.2 Å². The van der Waals surface area contributed by atoms with E-state index in [1.807, 2.05) is 24.3 Å². The molecule has 0 bridgehead atoms. The smallest absolute Gasteiger partial charge is 0.254 e. The van der Waals surface area contributed by atoms with E-state index in [-0.39, 0.29) is 12.1 Å². The molecule has 0 aliphatic carbocycles. The molecule has 1 atom stereocenters. The number of amides is 1. The lowest BCUT2D eigenvalue weighted by atomic mass is 10.0. The molecule has 1 aromatic rings. The Morgan fingerprint density at radius 3 is 2.64 bits per heavy atom. The van der Waals surface area contributed by atoms with Crippen molar-refractivity contribution in [2.75, 3.05) is 5.32 Å². The van der Waals surface area contributed by atoms with E-state index >= 15 is 0 Å². The van der Waals surface area contributed by atoms with Gasteiger partial charge in [-0.25, -0.2) is 0 Å². The normalized spacial score (nSPS) is 19.9. The SMILES string of the molecule is CC(C)[C@H]1NC(=O)c2ccccc2N1. The van der Waals surface area contributed by atoms with Crippen molar-refractivity contribution < 1.29 is 4.79 Å². The van der Waals surface area contributed by atoms with Crippen molar-refractivity contribution in [1.29, 1.82) is 0 Å². The second-order valence-corrected chi connectivity index (χ2v) is 3.89. The lowest BCUT2D eigenvalue weighted by Crippen LogP contribution is -2.47. The maximum Gasteiger partial charge on any atom is 0.254 e. The Kier molecular flexibility index (Phi) is 2.15. The van der Waals surface area contributed by atoms with Gasteiger partial charge in [0.2, 0.25) is 0 Å². The molecule has 2 rings (SSSR count). The van der Waals surface area contributed by atoms with Crippen molar-refractivity contribution in [2.45, 2.75) is 20.0 Å². The van der Waals surface area contributed by atoms with E-state index in [4.69, 9.17) is 0 Å². The van der Waals surface area contributed by atoms with Gasteiger partial charge in [-0.15, -0.1) is 0 Å². The van der Waals surface area contributed by atoms with Crippen molar-refractivity contribution in [1.82, 2.24) is 5.32 Å². The number of benzene rings is 1. The van der Waals surface area contributed by atoms with Crippen LogP contribution in [0.15, 0.2) is 24.3 Å². The van der Waals surface area contributed by atoms with Crippen LogP contribution in [0.3, 0.4) is 0 Å². The predicted molar refractivity (Wildman–Crippen MR) is 56.2 cm³/mol. The number of carbonyl (C=O) groups is 1. The van der Waals surface area contributed by atoms with E-state index in [2.05, 4.69) is 24.5 Å². The molecular weight excluding hydrogens is 176 g/mol. The summed E-state index contributed by atoms with van der Waals surface area (Å²) in [5.74, 6) is 0.394. The Balaban J connectivity index is 2.33. The first kappa shape index (κ1) is 9.06. The minimum Gasteiger partial charge on any atom is -0.364 e. The highest BCUT2D eigenvalue weighted by Gasteiger charge is 2.24. The summed E-state index contributed by atoms with van der Waals surface area (Å²) in [6.07, 6.45) is 0.0393. The number of carbonyl (C=O) groups excluding carboxylic acids is 1. The molecule has 0 spiro atoms. The van der Waals surface area contributed by atoms with Gasteiger partial charge in [-0.3, -0.25) is 4.79 Å². The zero-order valence-corrected chi connectivity index (χ0v) is 8.37. The van der Waals surface area contributed by atoms with Crippen LogP contribution < -0.4 is 10.6 Å². The third-order valence-electron chi connectivity index (χ3n) is 2.44. The van der Waals surface area contributed by atoms with E-state index in [0.29, 0.717) is 5.92 Å². The van der Waals surface area contributed by atoms with Crippen LogP contribution in [0, 0.1) is 5.92 Å². The van der Waals surface area contributed by atoms with E-state index in [9.17, 15) is 4.79 Å². The number of nitrogens with one attached hydrogen (secondary N) is 2. The summed E-state index contributed by atoms with van der Waals surface area (Å²) in [5, 5.41) is 6.22. The van der Waals surface area contributed by atoms with Crippen LogP contribution in [0.2, 0.25) is 0 Å². The van der Waals surface area contributed by atoms with Gasteiger partial charge in [-0.2, -0.15) is 0 Å². The third kappa shape index (κ3) is 1.45. The Labute approximate surface area is 83.5 Å². The third-order valence-corrected chi connectivity index (χ3v) is 2.44. The average Bonchev–Trinajstić information content (AvgIpc) is 2.17. The summed E-state index contributed by atoms with van der Waals surface area (Å²) in [6.45, 7) is 4.15. The lowest BCUT2D eigenvalue weighted by Gasteiger charge is -2.30. The molecule has 14 heavy (non-hydrogen) atoms. The van der Waals surface area contributed by atoms with Gasteiger partial charge >= 0.3 is 0 Å². The quantitative estimate of drug-likeness (QED) is 0.709. The highest BCUT2D eigenvalue weighted by atomic mass is 16.2. The van der Waals surface area contributed by atoms with Crippen molar-refractivity contribution in [3.05, 3.63) is 29.8 Å². The Morgan fingerprint density at radius 2 is 1.93 bits per heavy atom. The van der Waals surface area contributed by atoms with E-state index in [1.165, 1.54) is 0 Å². The van der Waals surface area contributed by atoms with Crippen molar-refractivity contribution in [3.63, 3.8) is 0 Å². The summed E-state index contributed by atoms with van der Waals surface area (Å²) in [4.78, 5) is 11.6. The zero-order valence-electron chi connectivity index (χ0n) is 8.37. The van der Waals surface area contributed by atoms with Gasteiger partial charge in [0, 0.05) is 5.69 Å². The molecule has 0 fully saturated rings. The fourth-order valence-corrected chi connectivity index (χ4v) is 1.56. The Bertz CT molecular complexity index is 360. The van der Waals surface area contributed by atoms with Gasteiger partial charge in [0.05, 0.1) is 5.56 Å². The molecule has 0 aromatic heterocycles. The largest absolute Gasteiger partial charge is 0.364 e. The van der Waals surface area contributed by atoms with Crippen LogP contribution >= 0.6 is 0 Å². The van der Waals surface area contributed by atoms with Crippen molar-refractivity contribution >= 4 is 11.6 Å². The molecule has 1 amide bonds. The summed E-state index contributed by atoms with van der Waals surface area (Å²) >= 11 is 0. The van der Waals surface area contributed by atoms with E-state index in [0.717, 1.165) is 11.3 Å². The van der Waals surface area contributed by atoms with Gasteiger partial charge in [0.25, 0.3) is 5.91 Å². The van der Waals surface area contributed by atoms with Crippen molar-refractivity contribution in [2.24, 2.45) is 5.92 Å². The Hall–Kier alpha value is -1.51. The maximum atomic E-state index is 11.6. The van der Waals surface area contributed by atoms with Crippen molar-refractivity contribution in [3.8, 4) is 0 Å². The van der Waals surface area contributed by atoms with Crippen LogP contribution in [0.25, 0.3) is 0 Å². The Morgan fingerprint density at radius 1 is 1.21 bits per heavy atom. The monoisotopic (exact) mass is 190 g/mol. The predicted octanol–water partition coefficient (Wildman–Crippen LogP) is 1.82. The first-order valence-electron chi connectivity index (χ1n) is 4.85. The van der Waals surface area contributed by atoms with Gasteiger partial charge in [0.15, 0.2) is 0 Å². The highest BCUT2D eigenvalue weighted by molar-refractivity contribution is 6.01. The van der Waals surface area contributed by atoms with Crippen LogP contribution in [-0.2, 0) is 0 Å². The summed E-state index contributed by atoms with van der Waals surface area (Å²) in [7, 11) is 0. The molecule has 1 aliphatic rings. The molecule has 0 unspecified atom stereocenters. The van der Waals surface area contributed by atoms with Crippen LogP contribution in [0.4, 0.5) is 5.69 Å². The van der Waals surface area contributed by atoms with E-state index in [1.54, 1.807) is 0 Å². The minimum absolute atomic E-state index is 0.0121. The van der Waals surface area contributed by atoms with Gasteiger partial charge in [-0.1, -0.05) is 26.0 Å².